The van der Waals surface area contributed by atoms with Crippen molar-refractivity contribution >= 4 is 40.8 Å². The first kappa shape index (κ1) is 12.2. The zero-order valence-electron chi connectivity index (χ0n) is 9.28. The lowest BCUT2D eigenvalue weighted by atomic mass is 10.2. The summed E-state index contributed by atoms with van der Waals surface area (Å²) in [4.78, 5) is 26.3. The van der Waals surface area contributed by atoms with Crippen LogP contribution in [0.15, 0.2) is 18.2 Å². The number of urea groups is 1. The number of anilines is 1. The number of imide groups is 1. The van der Waals surface area contributed by atoms with E-state index in [2.05, 4.69) is 0 Å². The van der Waals surface area contributed by atoms with Crippen LogP contribution in [0.1, 0.15) is 6.92 Å². The van der Waals surface area contributed by atoms with E-state index in [1.54, 1.807) is 20.0 Å². The van der Waals surface area contributed by atoms with E-state index in [1.165, 1.54) is 17.0 Å². The van der Waals surface area contributed by atoms with Gasteiger partial charge in [0.15, 0.2) is 0 Å². The summed E-state index contributed by atoms with van der Waals surface area (Å²) in [7, 11) is 1.58. The Hall–Kier alpha value is -1.26. The number of carbonyl (C=O) groups excluding carboxylic acids is 2. The summed E-state index contributed by atoms with van der Waals surface area (Å²) in [5.74, 6) is -0.282. The Labute approximate surface area is 109 Å². The van der Waals surface area contributed by atoms with Crippen LogP contribution in [0.2, 0.25) is 10.0 Å². The average molecular weight is 273 g/mol. The Morgan fingerprint density at radius 1 is 1.12 bits per heavy atom. The standard InChI is InChI=1S/C11H10Cl2N2O2/c1-6-10(16)15(11(17)14(6)2)9-4-7(12)3-8(13)5-9/h3-6H,1-2H3/t6-/m0/s1. The van der Waals surface area contributed by atoms with Crippen molar-refractivity contribution in [1.82, 2.24) is 4.90 Å². The zero-order valence-corrected chi connectivity index (χ0v) is 10.8. The van der Waals surface area contributed by atoms with Gasteiger partial charge in [-0.1, -0.05) is 23.2 Å². The van der Waals surface area contributed by atoms with Gasteiger partial charge in [0.25, 0.3) is 5.91 Å². The van der Waals surface area contributed by atoms with Crippen LogP contribution in [0.5, 0.6) is 0 Å². The molecule has 3 amide bonds. The van der Waals surface area contributed by atoms with Gasteiger partial charge in [0.1, 0.15) is 6.04 Å². The lowest BCUT2D eigenvalue weighted by molar-refractivity contribution is -0.119. The summed E-state index contributed by atoms with van der Waals surface area (Å²) in [5, 5.41) is 0.769. The van der Waals surface area contributed by atoms with Crippen molar-refractivity contribution in [3.05, 3.63) is 28.2 Å². The number of hydrogen-bond donors (Lipinski definition) is 0. The van der Waals surface area contributed by atoms with E-state index >= 15 is 0 Å². The number of nitrogens with zero attached hydrogens (tertiary/aromatic N) is 2. The molecule has 1 aromatic rings. The van der Waals surface area contributed by atoms with E-state index < -0.39 is 6.04 Å². The Morgan fingerprint density at radius 3 is 2.06 bits per heavy atom. The highest BCUT2D eigenvalue weighted by atomic mass is 35.5. The van der Waals surface area contributed by atoms with Crippen molar-refractivity contribution in [2.75, 3.05) is 11.9 Å². The largest absolute Gasteiger partial charge is 0.331 e. The van der Waals surface area contributed by atoms with E-state index in [-0.39, 0.29) is 11.9 Å². The topological polar surface area (TPSA) is 40.6 Å². The second-order valence-electron chi connectivity index (χ2n) is 3.87. The number of rotatable bonds is 1. The third kappa shape index (κ3) is 1.98. The first-order chi connectivity index (χ1) is 7.91. The van der Waals surface area contributed by atoms with Crippen molar-refractivity contribution in [3.63, 3.8) is 0 Å². The molecule has 0 unspecified atom stereocenters. The molecule has 4 nitrogen and oxygen atoms in total. The molecule has 2 rings (SSSR count). The summed E-state index contributed by atoms with van der Waals surface area (Å²) in [6.07, 6.45) is 0. The minimum absolute atomic E-state index is 0.282. The van der Waals surface area contributed by atoms with Crippen LogP contribution in [0.3, 0.4) is 0 Å². The van der Waals surface area contributed by atoms with Crippen LogP contribution in [0.4, 0.5) is 10.5 Å². The van der Waals surface area contributed by atoms with Crippen LogP contribution in [0.25, 0.3) is 0 Å². The van der Waals surface area contributed by atoms with Crippen molar-refractivity contribution in [2.45, 2.75) is 13.0 Å². The molecule has 0 bridgehead atoms. The lowest BCUT2D eigenvalue weighted by Crippen LogP contribution is -2.31. The highest BCUT2D eigenvalue weighted by Gasteiger charge is 2.41. The van der Waals surface area contributed by atoms with Crippen molar-refractivity contribution in [1.29, 1.82) is 0 Å². The summed E-state index contributed by atoms with van der Waals surface area (Å²) in [5.41, 5.74) is 0.397. The van der Waals surface area contributed by atoms with Crippen LogP contribution < -0.4 is 4.90 Å². The maximum atomic E-state index is 11.9. The predicted octanol–water partition coefficient (Wildman–Crippen LogP) is 2.78. The minimum Gasteiger partial charge on any atom is -0.315 e. The van der Waals surface area contributed by atoms with Gasteiger partial charge in [-0.3, -0.25) is 4.79 Å². The van der Waals surface area contributed by atoms with Gasteiger partial charge >= 0.3 is 6.03 Å². The fourth-order valence-corrected chi connectivity index (χ4v) is 2.19. The van der Waals surface area contributed by atoms with Gasteiger partial charge in [0.05, 0.1) is 5.69 Å². The molecule has 0 aliphatic carbocycles. The van der Waals surface area contributed by atoms with Crippen molar-refractivity contribution in [2.24, 2.45) is 0 Å². The molecule has 1 aromatic carbocycles. The molecule has 1 fully saturated rings. The van der Waals surface area contributed by atoms with Gasteiger partial charge in [-0.15, -0.1) is 0 Å². The average Bonchev–Trinajstić information content (AvgIpc) is 2.42. The van der Waals surface area contributed by atoms with Gasteiger partial charge < -0.3 is 4.90 Å². The molecule has 1 atom stereocenters. The number of hydrogen-bond acceptors (Lipinski definition) is 2. The van der Waals surface area contributed by atoms with E-state index in [0.29, 0.717) is 15.7 Å². The molecular formula is C11H10Cl2N2O2. The van der Waals surface area contributed by atoms with Gasteiger partial charge in [0, 0.05) is 17.1 Å². The fraction of sp³-hybridized carbons (Fsp3) is 0.273. The first-order valence-corrected chi connectivity index (χ1v) is 5.74. The lowest BCUT2D eigenvalue weighted by Gasteiger charge is -2.14. The van der Waals surface area contributed by atoms with Crippen LogP contribution in [0, 0.1) is 0 Å². The highest BCUT2D eigenvalue weighted by Crippen LogP contribution is 2.29. The summed E-state index contributed by atoms with van der Waals surface area (Å²) >= 11 is 11.7. The molecular weight excluding hydrogens is 263 g/mol. The molecule has 90 valence electrons. The van der Waals surface area contributed by atoms with Crippen LogP contribution in [-0.2, 0) is 4.79 Å². The molecule has 0 saturated carbocycles. The van der Waals surface area contributed by atoms with Gasteiger partial charge in [0.2, 0.25) is 0 Å². The number of likely N-dealkylation sites (N-methyl/N-ethyl adjacent to an activating group) is 1. The second-order valence-corrected chi connectivity index (χ2v) is 4.74. The Kier molecular flexibility index (Phi) is 3.02. The minimum atomic E-state index is -0.472. The van der Waals surface area contributed by atoms with Gasteiger partial charge in [-0.05, 0) is 25.1 Å². The van der Waals surface area contributed by atoms with Gasteiger partial charge in [-0.25, -0.2) is 9.69 Å². The molecule has 1 saturated heterocycles. The third-order valence-electron chi connectivity index (χ3n) is 2.76. The smallest absolute Gasteiger partial charge is 0.315 e. The van der Waals surface area contributed by atoms with E-state index in [0.717, 1.165) is 4.90 Å². The normalized spacial score (nSPS) is 20.4. The molecule has 6 heteroatoms. The van der Waals surface area contributed by atoms with Gasteiger partial charge in [-0.2, -0.15) is 0 Å². The molecule has 0 radical (unpaired) electrons. The second kappa shape index (κ2) is 4.20. The summed E-state index contributed by atoms with van der Waals surface area (Å²) in [6, 6.07) is 3.77. The number of amides is 3. The number of benzene rings is 1. The number of carbonyl (C=O) groups is 2. The monoisotopic (exact) mass is 272 g/mol. The molecule has 17 heavy (non-hydrogen) atoms. The predicted molar refractivity (Wildman–Crippen MR) is 66.6 cm³/mol. The van der Waals surface area contributed by atoms with E-state index in [4.69, 9.17) is 23.2 Å². The summed E-state index contributed by atoms with van der Waals surface area (Å²) < 4.78 is 0. The van der Waals surface area contributed by atoms with Crippen molar-refractivity contribution in [3.8, 4) is 0 Å². The summed E-state index contributed by atoms with van der Waals surface area (Å²) in [6.45, 7) is 1.67. The molecule has 1 aliphatic rings. The van der Waals surface area contributed by atoms with Crippen molar-refractivity contribution < 1.29 is 9.59 Å². The maximum absolute atomic E-state index is 11.9. The van der Waals surface area contributed by atoms with E-state index in [1.807, 2.05) is 0 Å². The SMILES string of the molecule is C[C@H]1C(=O)N(c2cc(Cl)cc(Cl)c2)C(=O)N1C. The highest BCUT2D eigenvalue weighted by molar-refractivity contribution is 6.35. The van der Waals surface area contributed by atoms with Crippen LogP contribution >= 0.6 is 23.2 Å². The molecule has 1 aliphatic heterocycles. The first-order valence-electron chi connectivity index (χ1n) is 4.98. The quantitative estimate of drug-likeness (QED) is 0.738. The zero-order chi connectivity index (χ0) is 12.7. The molecule has 0 N–H and O–H groups in total. The van der Waals surface area contributed by atoms with Crippen LogP contribution in [-0.4, -0.2) is 29.9 Å². The maximum Gasteiger partial charge on any atom is 0.331 e. The molecule has 0 aromatic heterocycles. The Morgan fingerprint density at radius 2 is 1.65 bits per heavy atom. The molecule has 1 heterocycles. The fourth-order valence-electron chi connectivity index (χ4n) is 1.68. The molecule has 0 spiro atoms. The third-order valence-corrected chi connectivity index (χ3v) is 3.19. The Bertz CT molecular complexity index is 464. The van der Waals surface area contributed by atoms with E-state index in [9.17, 15) is 9.59 Å². The Balaban J connectivity index is 2.47. The number of halogens is 2.